The third-order valence-corrected chi connectivity index (χ3v) is 4.89. The van der Waals surface area contributed by atoms with Gasteiger partial charge in [0.05, 0.1) is 11.6 Å². The summed E-state index contributed by atoms with van der Waals surface area (Å²) in [5.74, 6) is 0.434. The Morgan fingerprint density at radius 1 is 1.13 bits per heavy atom. The van der Waals surface area contributed by atoms with E-state index in [2.05, 4.69) is 35.9 Å². The molecule has 4 heterocycles. The van der Waals surface area contributed by atoms with Crippen molar-refractivity contribution in [2.75, 3.05) is 5.32 Å². The second kappa shape index (κ2) is 7.28. The van der Waals surface area contributed by atoms with Gasteiger partial charge in [0.15, 0.2) is 5.65 Å². The Labute approximate surface area is 171 Å². The molecule has 30 heavy (non-hydrogen) atoms. The standard InChI is InChI=1S/C21H18N8O/c1-13(14-5-3-2-4-6-14)25-21(30)26-18-10-17-16(11-22-18)20(28-27-17)15-7-8-29-19(9-15)23-12-24-29/h2-13H,1H3,(H,27,28)(H2,22,25,26,30)/t13-/m1/s1. The Hall–Kier alpha value is -4.27. The van der Waals surface area contributed by atoms with E-state index in [4.69, 9.17) is 0 Å². The van der Waals surface area contributed by atoms with E-state index in [0.717, 1.165) is 33.4 Å². The number of pyridine rings is 2. The van der Waals surface area contributed by atoms with E-state index >= 15 is 0 Å². The maximum absolute atomic E-state index is 12.4. The van der Waals surface area contributed by atoms with Crippen LogP contribution in [0, 0.1) is 0 Å². The maximum atomic E-state index is 12.4. The molecule has 2 amide bonds. The van der Waals surface area contributed by atoms with Gasteiger partial charge in [0.1, 0.15) is 17.8 Å². The van der Waals surface area contributed by atoms with E-state index in [-0.39, 0.29) is 12.1 Å². The van der Waals surface area contributed by atoms with E-state index in [1.807, 2.05) is 55.6 Å². The lowest BCUT2D eigenvalue weighted by molar-refractivity contribution is 0.249. The van der Waals surface area contributed by atoms with Crippen LogP contribution in [0.2, 0.25) is 0 Å². The van der Waals surface area contributed by atoms with Crippen molar-refractivity contribution in [3.05, 3.63) is 72.8 Å². The predicted octanol–water partition coefficient (Wildman–Crippen LogP) is 3.55. The number of anilines is 1. The SMILES string of the molecule is C[C@@H](NC(=O)Nc1cc2[nH]nc(-c3ccn4ncnc4c3)c2cn1)c1ccccc1. The van der Waals surface area contributed by atoms with E-state index in [1.54, 1.807) is 16.8 Å². The fourth-order valence-electron chi connectivity index (χ4n) is 3.34. The van der Waals surface area contributed by atoms with Crippen LogP contribution >= 0.6 is 0 Å². The average Bonchev–Trinajstić information content (AvgIpc) is 3.40. The normalized spacial score (nSPS) is 12.2. The van der Waals surface area contributed by atoms with Crippen LogP contribution in [0.25, 0.3) is 27.8 Å². The number of carbonyl (C=O) groups is 1. The molecular formula is C21H18N8O. The molecule has 148 valence electrons. The highest BCUT2D eigenvalue weighted by molar-refractivity contribution is 5.96. The minimum atomic E-state index is -0.324. The summed E-state index contributed by atoms with van der Waals surface area (Å²) in [4.78, 5) is 20.9. The van der Waals surface area contributed by atoms with Gasteiger partial charge in [-0.3, -0.25) is 10.4 Å². The van der Waals surface area contributed by atoms with Crippen molar-refractivity contribution in [3.63, 3.8) is 0 Å². The largest absolute Gasteiger partial charge is 0.331 e. The van der Waals surface area contributed by atoms with Gasteiger partial charge in [0.25, 0.3) is 0 Å². The molecule has 9 heteroatoms. The molecule has 5 aromatic rings. The molecule has 0 bridgehead atoms. The average molecular weight is 398 g/mol. The van der Waals surface area contributed by atoms with Crippen molar-refractivity contribution in [3.8, 4) is 11.3 Å². The molecule has 0 saturated heterocycles. The van der Waals surface area contributed by atoms with E-state index in [1.165, 1.54) is 6.33 Å². The summed E-state index contributed by atoms with van der Waals surface area (Å²) in [6, 6.07) is 14.9. The number of hydrogen-bond donors (Lipinski definition) is 3. The first-order chi connectivity index (χ1) is 14.7. The zero-order valence-electron chi connectivity index (χ0n) is 16.1. The lowest BCUT2D eigenvalue weighted by atomic mass is 10.1. The quantitative estimate of drug-likeness (QED) is 0.428. The summed E-state index contributed by atoms with van der Waals surface area (Å²) in [6.45, 7) is 1.93. The molecule has 0 unspecified atom stereocenters. The van der Waals surface area contributed by atoms with Crippen LogP contribution in [0.3, 0.4) is 0 Å². The van der Waals surface area contributed by atoms with Crippen LogP contribution in [0.4, 0.5) is 10.6 Å². The van der Waals surface area contributed by atoms with E-state index in [9.17, 15) is 4.79 Å². The Kier molecular flexibility index (Phi) is 4.32. The number of aromatic nitrogens is 6. The van der Waals surface area contributed by atoms with Gasteiger partial charge >= 0.3 is 6.03 Å². The first kappa shape index (κ1) is 17.8. The third kappa shape index (κ3) is 3.32. The van der Waals surface area contributed by atoms with Gasteiger partial charge in [-0.2, -0.15) is 10.2 Å². The Bertz CT molecular complexity index is 1340. The van der Waals surface area contributed by atoms with Crippen molar-refractivity contribution in [2.24, 2.45) is 0 Å². The Morgan fingerprint density at radius 2 is 2.00 bits per heavy atom. The molecule has 5 rings (SSSR count). The van der Waals surface area contributed by atoms with Crippen LogP contribution in [0.1, 0.15) is 18.5 Å². The summed E-state index contributed by atoms with van der Waals surface area (Å²) in [7, 11) is 0. The number of nitrogens with zero attached hydrogens (tertiary/aromatic N) is 5. The van der Waals surface area contributed by atoms with Gasteiger partial charge in [-0.05, 0) is 24.6 Å². The zero-order chi connectivity index (χ0) is 20.5. The molecule has 3 N–H and O–H groups in total. The number of amides is 2. The molecule has 0 aliphatic heterocycles. The molecule has 0 saturated carbocycles. The Morgan fingerprint density at radius 3 is 2.87 bits per heavy atom. The van der Waals surface area contributed by atoms with Gasteiger partial charge < -0.3 is 5.32 Å². The van der Waals surface area contributed by atoms with Crippen LogP contribution in [-0.4, -0.2) is 35.8 Å². The number of hydrogen-bond acceptors (Lipinski definition) is 5. The molecule has 1 atom stereocenters. The van der Waals surface area contributed by atoms with Gasteiger partial charge in [-0.15, -0.1) is 0 Å². The topological polar surface area (TPSA) is 113 Å². The molecule has 4 aromatic heterocycles. The van der Waals surface area contributed by atoms with E-state index < -0.39 is 0 Å². The molecule has 0 aliphatic carbocycles. The summed E-state index contributed by atoms with van der Waals surface area (Å²) < 4.78 is 1.69. The number of urea groups is 1. The maximum Gasteiger partial charge on any atom is 0.320 e. The smallest absolute Gasteiger partial charge is 0.320 e. The number of H-pyrrole nitrogens is 1. The zero-order valence-corrected chi connectivity index (χ0v) is 16.1. The van der Waals surface area contributed by atoms with Crippen molar-refractivity contribution >= 4 is 28.4 Å². The number of carbonyl (C=O) groups excluding carboxylic acids is 1. The summed E-state index contributed by atoms with van der Waals surface area (Å²) in [5, 5.41) is 18.1. The second-order valence-corrected chi connectivity index (χ2v) is 6.90. The molecule has 0 spiro atoms. The molecule has 0 radical (unpaired) electrons. The summed E-state index contributed by atoms with van der Waals surface area (Å²) in [6.07, 6.45) is 5.03. The highest BCUT2D eigenvalue weighted by Gasteiger charge is 2.13. The minimum Gasteiger partial charge on any atom is -0.331 e. The first-order valence-electron chi connectivity index (χ1n) is 9.44. The number of benzene rings is 1. The predicted molar refractivity (Wildman–Crippen MR) is 113 cm³/mol. The molecule has 0 aliphatic rings. The van der Waals surface area contributed by atoms with Gasteiger partial charge in [0, 0.05) is 29.4 Å². The number of aromatic amines is 1. The summed E-state index contributed by atoms with van der Waals surface area (Å²) in [5.41, 5.74) is 4.20. The highest BCUT2D eigenvalue weighted by atomic mass is 16.2. The van der Waals surface area contributed by atoms with Crippen molar-refractivity contribution < 1.29 is 4.79 Å². The van der Waals surface area contributed by atoms with Crippen LogP contribution < -0.4 is 10.6 Å². The third-order valence-electron chi connectivity index (χ3n) is 4.89. The van der Waals surface area contributed by atoms with Crippen LogP contribution in [-0.2, 0) is 0 Å². The van der Waals surface area contributed by atoms with Gasteiger partial charge in [0.2, 0.25) is 0 Å². The van der Waals surface area contributed by atoms with Crippen molar-refractivity contribution in [1.29, 1.82) is 0 Å². The van der Waals surface area contributed by atoms with Crippen molar-refractivity contribution in [1.82, 2.24) is 35.1 Å². The minimum absolute atomic E-state index is 0.124. The lowest BCUT2D eigenvalue weighted by Crippen LogP contribution is -2.31. The summed E-state index contributed by atoms with van der Waals surface area (Å²) >= 11 is 0. The number of rotatable bonds is 4. The van der Waals surface area contributed by atoms with Crippen LogP contribution in [0.15, 0.2) is 67.3 Å². The van der Waals surface area contributed by atoms with Crippen LogP contribution in [0.5, 0.6) is 0 Å². The fourth-order valence-corrected chi connectivity index (χ4v) is 3.34. The van der Waals surface area contributed by atoms with Gasteiger partial charge in [-0.1, -0.05) is 30.3 Å². The van der Waals surface area contributed by atoms with Crippen molar-refractivity contribution in [2.45, 2.75) is 13.0 Å². The molecule has 9 nitrogen and oxygen atoms in total. The molecule has 1 aromatic carbocycles. The fraction of sp³-hybridized carbons (Fsp3) is 0.0952. The first-order valence-corrected chi connectivity index (χ1v) is 9.44. The number of nitrogens with one attached hydrogen (secondary N) is 3. The van der Waals surface area contributed by atoms with E-state index in [0.29, 0.717) is 5.82 Å². The number of fused-ring (bicyclic) bond motifs is 2. The van der Waals surface area contributed by atoms with Gasteiger partial charge in [-0.25, -0.2) is 19.3 Å². The monoisotopic (exact) mass is 398 g/mol. The highest BCUT2D eigenvalue weighted by Crippen LogP contribution is 2.27. The molecule has 0 fully saturated rings. The molecular weight excluding hydrogens is 380 g/mol. The lowest BCUT2D eigenvalue weighted by Gasteiger charge is -2.14. The second-order valence-electron chi connectivity index (χ2n) is 6.90. The Balaban J connectivity index is 1.35.